The molecule has 0 radical (unpaired) electrons. The SMILES string of the molecule is COc1cc(CNc2ccc(Cl)c(Cl)c2)ccc1OCc1cccc(C)c1. The van der Waals surface area contributed by atoms with Crippen molar-refractivity contribution in [3.05, 3.63) is 87.4 Å². The Kier molecular flexibility index (Phi) is 6.49. The molecule has 3 aromatic rings. The van der Waals surface area contributed by atoms with Gasteiger partial charge in [-0.15, -0.1) is 0 Å². The molecule has 140 valence electrons. The van der Waals surface area contributed by atoms with Crippen LogP contribution in [0.25, 0.3) is 0 Å². The minimum Gasteiger partial charge on any atom is -0.493 e. The molecule has 3 nitrogen and oxygen atoms in total. The largest absolute Gasteiger partial charge is 0.493 e. The summed E-state index contributed by atoms with van der Waals surface area (Å²) in [5.74, 6) is 1.42. The molecule has 27 heavy (non-hydrogen) atoms. The van der Waals surface area contributed by atoms with Crippen molar-refractivity contribution >= 4 is 28.9 Å². The van der Waals surface area contributed by atoms with Crippen LogP contribution in [0.5, 0.6) is 11.5 Å². The van der Waals surface area contributed by atoms with Crippen LogP contribution >= 0.6 is 23.2 Å². The molecule has 0 bridgehead atoms. The number of rotatable bonds is 7. The summed E-state index contributed by atoms with van der Waals surface area (Å²) < 4.78 is 11.4. The number of nitrogens with one attached hydrogen (secondary N) is 1. The molecule has 0 heterocycles. The van der Waals surface area contributed by atoms with Crippen LogP contribution in [0.2, 0.25) is 10.0 Å². The Morgan fingerprint density at radius 3 is 2.44 bits per heavy atom. The lowest BCUT2D eigenvalue weighted by atomic mass is 10.1. The molecule has 5 heteroatoms. The van der Waals surface area contributed by atoms with Crippen LogP contribution in [-0.2, 0) is 13.2 Å². The summed E-state index contributed by atoms with van der Waals surface area (Å²) in [4.78, 5) is 0. The highest BCUT2D eigenvalue weighted by Crippen LogP contribution is 2.30. The molecule has 1 N–H and O–H groups in total. The fraction of sp³-hybridized carbons (Fsp3) is 0.182. The topological polar surface area (TPSA) is 30.5 Å². The molecule has 3 aromatic carbocycles. The molecule has 3 rings (SSSR count). The zero-order valence-corrected chi connectivity index (χ0v) is 16.8. The molecular weight excluding hydrogens is 381 g/mol. The number of halogens is 2. The van der Waals surface area contributed by atoms with Gasteiger partial charge in [0.2, 0.25) is 0 Å². The number of hydrogen-bond donors (Lipinski definition) is 1. The molecular formula is C22H21Cl2NO2. The first-order valence-corrected chi connectivity index (χ1v) is 9.35. The number of anilines is 1. The fourth-order valence-corrected chi connectivity index (χ4v) is 3.01. The molecule has 0 aliphatic carbocycles. The number of benzene rings is 3. The Bertz CT molecular complexity index is 928. The maximum absolute atomic E-state index is 6.05. The quantitative estimate of drug-likeness (QED) is 0.489. The normalized spacial score (nSPS) is 10.5. The lowest BCUT2D eigenvalue weighted by molar-refractivity contribution is 0.284. The summed E-state index contributed by atoms with van der Waals surface area (Å²) in [5.41, 5.74) is 4.32. The molecule has 0 aliphatic heterocycles. The number of aryl methyl sites for hydroxylation is 1. The van der Waals surface area contributed by atoms with E-state index >= 15 is 0 Å². The van der Waals surface area contributed by atoms with Gasteiger partial charge in [-0.3, -0.25) is 0 Å². The summed E-state index contributed by atoms with van der Waals surface area (Å²) in [6.45, 7) is 3.20. The van der Waals surface area contributed by atoms with Crippen molar-refractivity contribution in [3.8, 4) is 11.5 Å². The van der Waals surface area contributed by atoms with E-state index in [0.29, 0.717) is 28.9 Å². The van der Waals surface area contributed by atoms with Crippen molar-refractivity contribution < 1.29 is 9.47 Å². The predicted molar refractivity (Wildman–Crippen MR) is 112 cm³/mol. The number of ether oxygens (including phenoxy) is 2. The Morgan fingerprint density at radius 2 is 1.70 bits per heavy atom. The molecule has 0 aliphatic rings. The van der Waals surface area contributed by atoms with Crippen molar-refractivity contribution in [2.45, 2.75) is 20.1 Å². The lowest BCUT2D eigenvalue weighted by Crippen LogP contribution is -2.02. The Balaban J connectivity index is 1.65. The van der Waals surface area contributed by atoms with Crippen LogP contribution in [0.15, 0.2) is 60.7 Å². The maximum atomic E-state index is 6.05. The number of hydrogen-bond acceptors (Lipinski definition) is 3. The van der Waals surface area contributed by atoms with Crippen LogP contribution in [0, 0.1) is 6.92 Å². The third kappa shape index (κ3) is 5.31. The first kappa shape index (κ1) is 19.4. The van der Waals surface area contributed by atoms with E-state index in [9.17, 15) is 0 Å². The molecule has 0 aromatic heterocycles. The van der Waals surface area contributed by atoms with Crippen molar-refractivity contribution in [2.75, 3.05) is 12.4 Å². The third-order valence-electron chi connectivity index (χ3n) is 4.12. The van der Waals surface area contributed by atoms with Gasteiger partial charge in [0, 0.05) is 12.2 Å². The van der Waals surface area contributed by atoms with E-state index in [1.54, 1.807) is 19.2 Å². The van der Waals surface area contributed by atoms with Gasteiger partial charge in [-0.25, -0.2) is 0 Å². The van der Waals surface area contributed by atoms with Gasteiger partial charge in [0.05, 0.1) is 17.2 Å². The second-order valence-corrected chi connectivity index (χ2v) is 7.06. The van der Waals surface area contributed by atoms with Crippen LogP contribution in [0.4, 0.5) is 5.69 Å². The Morgan fingerprint density at radius 1 is 0.852 bits per heavy atom. The van der Waals surface area contributed by atoms with Crippen molar-refractivity contribution in [1.29, 1.82) is 0 Å². The first-order chi connectivity index (χ1) is 13.0. The van der Waals surface area contributed by atoms with Gasteiger partial charge in [0.1, 0.15) is 6.61 Å². The fourth-order valence-electron chi connectivity index (χ4n) is 2.71. The standard InChI is InChI=1S/C22H21Cl2NO2/c1-15-4-3-5-17(10-15)14-27-21-9-6-16(11-22(21)26-2)13-25-18-7-8-19(23)20(24)12-18/h3-12,25H,13-14H2,1-2H3. The van der Waals surface area contributed by atoms with E-state index in [1.807, 2.05) is 30.3 Å². The van der Waals surface area contributed by atoms with Crippen molar-refractivity contribution in [1.82, 2.24) is 0 Å². The van der Waals surface area contributed by atoms with E-state index in [4.69, 9.17) is 32.7 Å². The summed E-state index contributed by atoms with van der Waals surface area (Å²) in [7, 11) is 1.64. The summed E-state index contributed by atoms with van der Waals surface area (Å²) in [6.07, 6.45) is 0. The average Bonchev–Trinajstić information content (AvgIpc) is 2.67. The van der Waals surface area contributed by atoms with E-state index in [0.717, 1.165) is 22.6 Å². The highest BCUT2D eigenvalue weighted by molar-refractivity contribution is 6.42. The van der Waals surface area contributed by atoms with Crippen LogP contribution in [0.3, 0.4) is 0 Å². The smallest absolute Gasteiger partial charge is 0.161 e. The molecule has 0 saturated carbocycles. The van der Waals surface area contributed by atoms with E-state index < -0.39 is 0 Å². The minimum absolute atomic E-state index is 0.499. The Labute approximate surface area is 169 Å². The highest BCUT2D eigenvalue weighted by atomic mass is 35.5. The highest BCUT2D eigenvalue weighted by Gasteiger charge is 2.07. The molecule has 0 atom stereocenters. The molecule has 0 fully saturated rings. The maximum Gasteiger partial charge on any atom is 0.161 e. The zero-order valence-electron chi connectivity index (χ0n) is 15.3. The minimum atomic E-state index is 0.499. The Hall–Kier alpha value is -2.36. The van der Waals surface area contributed by atoms with Gasteiger partial charge >= 0.3 is 0 Å². The second-order valence-electron chi connectivity index (χ2n) is 6.25. The van der Waals surface area contributed by atoms with Gasteiger partial charge < -0.3 is 14.8 Å². The van der Waals surface area contributed by atoms with Crippen LogP contribution in [0.1, 0.15) is 16.7 Å². The van der Waals surface area contributed by atoms with Crippen LogP contribution < -0.4 is 14.8 Å². The van der Waals surface area contributed by atoms with Gasteiger partial charge in [-0.1, -0.05) is 59.1 Å². The van der Waals surface area contributed by atoms with E-state index in [-0.39, 0.29) is 0 Å². The predicted octanol–water partition coefficient (Wildman–Crippen LogP) is 6.50. The summed E-state index contributed by atoms with van der Waals surface area (Å²) in [6, 6.07) is 19.6. The molecule has 0 spiro atoms. The second kappa shape index (κ2) is 9.03. The van der Waals surface area contributed by atoms with Crippen molar-refractivity contribution in [3.63, 3.8) is 0 Å². The van der Waals surface area contributed by atoms with Crippen LogP contribution in [-0.4, -0.2) is 7.11 Å². The van der Waals surface area contributed by atoms with E-state index in [1.165, 1.54) is 5.56 Å². The number of methoxy groups -OCH3 is 1. The van der Waals surface area contributed by atoms with Gasteiger partial charge in [0.25, 0.3) is 0 Å². The van der Waals surface area contributed by atoms with Crippen molar-refractivity contribution in [2.24, 2.45) is 0 Å². The summed E-state index contributed by atoms with van der Waals surface area (Å²) in [5, 5.41) is 4.39. The molecule has 0 unspecified atom stereocenters. The first-order valence-electron chi connectivity index (χ1n) is 8.59. The van der Waals surface area contributed by atoms with E-state index in [2.05, 4.69) is 30.4 Å². The third-order valence-corrected chi connectivity index (χ3v) is 4.86. The van der Waals surface area contributed by atoms with Gasteiger partial charge in [0.15, 0.2) is 11.5 Å². The monoisotopic (exact) mass is 401 g/mol. The molecule has 0 amide bonds. The summed E-state index contributed by atoms with van der Waals surface area (Å²) >= 11 is 12.0. The molecule has 0 saturated heterocycles. The van der Waals surface area contributed by atoms with Gasteiger partial charge in [-0.05, 0) is 48.4 Å². The van der Waals surface area contributed by atoms with Gasteiger partial charge in [-0.2, -0.15) is 0 Å². The zero-order chi connectivity index (χ0) is 19.2. The lowest BCUT2D eigenvalue weighted by Gasteiger charge is -2.13. The average molecular weight is 402 g/mol.